The Balaban J connectivity index is 0.00000144. The molecule has 2 aromatic rings. The molecule has 0 saturated heterocycles. The van der Waals surface area contributed by atoms with Gasteiger partial charge >= 0.3 is 0 Å². The van der Waals surface area contributed by atoms with Crippen LogP contribution in [0.2, 0.25) is 0 Å². The first kappa shape index (κ1) is 14.2. The van der Waals surface area contributed by atoms with E-state index in [4.69, 9.17) is 0 Å². The van der Waals surface area contributed by atoms with Crippen molar-refractivity contribution in [2.75, 3.05) is 0 Å². The standard InChI is InChI=1S/C15H20N.BrH/c1-2-3-4-7-12-16-13-8-10-14-9-5-6-11-15(14)16;/h5-6,8-11,13H,2-4,7,12H2,1H3;1H/q+1;/p-1. The van der Waals surface area contributed by atoms with Gasteiger partial charge in [-0.25, -0.2) is 0 Å². The van der Waals surface area contributed by atoms with E-state index >= 15 is 0 Å². The predicted molar refractivity (Wildman–Crippen MR) is 68.3 cm³/mol. The summed E-state index contributed by atoms with van der Waals surface area (Å²) in [6, 6.07) is 12.9. The number of aromatic nitrogens is 1. The summed E-state index contributed by atoms with van der Waals surface area (Å²) in [6.07, 6.45) is 7.47. The number of aryl methyl sites for hydroxylation is 1. The Morgan fingerprint density at radius 2 is 1.71 bits per heavy atom. The second kappa shape index (κ2) is 7.44. The highest BCUT2D eigenvalue weighted by atomic mass is 79.9. The summed E-state index contributed by atoms with van der Waals surface area (Å²) in [6.45, 7) is 3.40. The van der Waals surface area contributed by atoms with Gasteiger partial charge < -0.3 is 17.0 Å². The Hall–Kier alpha value is -0.890. The summed E-state index contributed by atoms with van der Waals surface area (Å²) in [7, 11) is 0. The number of rotatable bonds is 5. The lowest BCUT2D eigenvalue weighted by Gasteiger charge is -2.00. The topological polar surface area (TPSA) is 3.88 Å². The molecule has 0 atom stereocenters. The zero-order chi connectivity index (χ0) is 11.2. The Morgan fingerprint density at radius 1 is 0.941 bits per heavy atom. The summed E-state index contributed by atoms with van der Waals surface area (Å²) in [5.74, 6) is 0. The van der Waals surface area contributed by atoms with Gasteiger partial charge in [-0.15, -0.1) is 0 Å². The fraction of sp³-hybridized carbons (Fsp3) is 0.400. The molecular weight excluding hydrogens is 274 g/mol. The third-order valence-electron chi connectivity index (χ3n) is 3.04. The van der Waals surface area contributed by atoms with Crippen LogP contribution in [0.25, 0.3) is 10.9 Å². The minimum Gasteiger partial charge on any atom is -1.00 e. The molecule has 2 rings (SSSR count). The predicted octanol–water partition coefficient (Wildman–Crippen LogP) is 0.712. The van der Waals surface area contributed by atoms with Crippen LogP contribution in [0.4, 0.5) is 0 Å². The molecule has 2 heteroatoms. The fourth-order valence-corrected chi connectivity index (χ4v) is 2.12. The highest BCUT2D eigenvalue weighted by Gasteiger charge is 2.05. The number of halogens is 1. The van der Waals surface area contributed by atoms with E-state index in [1.807, 2.05) is 0 Å². The van der Waals surface area contributed by atoms with Crippen LogP contribution in [0, 0.1) is 0 Å². The smallest absolute Gasteiger partial charge is 0.212 e. The Kier molecular flexibility index (Phi) is 6.20. The second-order valence-corrected chi connectivity index (χ2v) is 4.32. The van der Waals surface area contributed by atoms with Gasteiger partial charge in [0.15, 0.2) is 6.20 Å². The maximum atomic E-state index is 2.37. The van der Waals surface area contributed by atoms with Gasteiger partial charge in [0.1, 0.15) is 6.54 Å². The summed E-state index contributed by atoms with van der Waals surface area (Å²) in [5, 5.41) is 1.33. The molecule has 0 bridgehead atoms. The van der Waals surface area contributed by atoms with Crippen LogP contribution < -0.4 is 21.5 Å². The van der Waals surface area contributed by atoms with Gasteiger partial charge in [-0.1, -0.05) is 31.9 Å². The molecule has 1 aromatic heterocycles. The van der Waals surface area contributed by atoms with Gasteiger partial charge in [0, 0.05) is 23.9 Å². The Labute approximate surface area is 114 Å². The Morgan fingerprint density at radius 3 is 2.53 bits per heavy atom. The van der Waals surface area contributed by atoms with Crippen molar-refractivity contribution in [3.8, 4) is 0 Å². The molecule has 1 aromatic carbocycles. The first-order valence-corrected chi connectivity index (χ1v) is 6.29. The van der Waals surface area contributed by atoms with Crippen LogP contribution >= 0.6 is 0 Å². The lowest BCUT2D eigenvalue weighted by atomic mass is 10.2. The largest absolute Gasteiger partial charge is 1.00 e. The highest BCUT2D eigenvalue weighted by Crippen LogP contribution is 2.08. The number of nitrogens with zero attached hydrogens (tertiary/aromatic N) is 1. The normalized spacial score (nSPS) is 10.2. The molecule has 0 radical (unpaired) electrons. The van der Waals surface area contributed by atoms with E-state index in [-0.39, 0.29) is 17.0 Å². The van der Waals surface area contributed by atoms with E-state index in [1.54, 1.807) is 0 Å². The van der Waals surface area contributed by atoms with Gasteiger partial charge in [-0.05, 0) is 18.6 Å². The van der Waals surface area contributed by atoms with Crippen molar-refractivity contribution in [1.29, 1.82) is 0 Å². The number of hydrogen-bond donors (Lipinski definition) is 0. The number of pyridine rings is 1. The monoisotopic (exact) mass is 293 g/mol. The third-order valence-corrected chi connectivity index (χ3v) is 3.04. The van der Waals surface area contributed by atoms with E-state index in [1.165, 1.54) is 36.6 Å². The third kappa shape index (κ3) is 3.81. The number of unbranched alkanes of at least 4 members (excludes halogenated alkanes) is 3. The van der Waals surface area contributed by atoms with Gasteiger partial charge in [-0.2, -0.15) is 4.57 Å². The van der Waals surface area contributed by atoms with E-state index in [0.717, 1.165) is 6.54 Å². The van der Waals surface area contributed by atoms with Crippen LogP contribution in [0.1, 0.15) is 32.6 Å². The van der Waals surface area contributed by atoms with Crippen LogP contribution in [0.15, 0.2) is 42.6 Å². The highest BCUT2D eigenvalue weighted by molar-refractivity contribution is 5.74. The first-order chi connectivity index (χ1) is 7.92. The average molecular weight is 294 g/mol. The van der Waals surface area contributed by atoms with Gasteiger partial charge in [0.25, 0.3) is 0 Å². The zero-order valence-electron chi connectivity index (χ0n) is 10.4. The molecule has 0 saturated carbocycles. The van der Waals surface area contributed by atoms with Crippen molar-refractivity contribution < 1.29 is 21.5 Å². The molecule has 92 valence electrons. The summed E-state index contributed by atoms with van der Waals surface area (Å²) < 4.78 is 2.37. The fourth-order valence-electron chi connectivity index (χ4n) is 2.12. The van der Waals surface area contributed by atoms with Gasteiger partial charge in [-0.3, -0.25) is 0 Å². The minimum absolute atomic E-state index is 0. The van der Waals surface area contributed by atoms with E-state index in [2.05, 4.69) is 54.1 Å². The lowest BCUT2D eigenvalue weighted by Crippen LogP contribution is -3.00. The SMILES string of the molecule is CCCCCC[n+]1cccc2ccccc21.[Br-]. The maximum Gasteiger partial charge on any atom is 0.212 e. The van der Waals surface area contributed by atoms with Crippen LogP contribution in [-0.2, 0) is 6.54 Å². The van der Waals surface area contributed by atoms with Crippen LogP contribution in [0.3, 0.4) is 0 Å². The molecule has 0 aliphatic carbocycles. The molecule has 0 amide bonds. The van der Waals surface area contributed by atoms with Crippen molar-refractivity contribution in [3.63, 3.8) is 0 Å². The summed E-state index contributed by atoms with van der Waals surface area (Å²) in [5.41, 5.74) is 1.35. The van der Waals surface area contributed by atoms with Crippen LogP contribution in [0.5, 0.6) is 0 Å². The van der Waals surface area contributed by atoms with E-state index in [0.29, 0.717) is 0 Å². The average Bonchev–Trinajstić information content (AvgIpc) is 2.35. The summed E-state index contributed by atoms with van der Waals surface area (Å²) in [4.78, 5) is 0. The van der Waals surface area contributed by atoms with Crippen molar-refractivity contribution in [2.45, 2.75) is 39.2 Å². The minimum atomic E-state index is 0. The molecule has 1 nitrogen and oxygen atoms in total. The lowest BCUT2D eigenvalue weighted by molar-refractivity contribution is -0.671. The maximum absolute atomic E-state index is 2.37. The van der Waals surface area contributed by atoms with E-state index in [9.17, 15) is 0 Å². The van der Waals surface area contributed by atoms with Gasteiger partial charge in [0.05, 0.1) is 0 Å². The van der Waals surface area contributed by atoms with Crippen molar-refractivity contribution in [2.24, 2.45) is 0 Å². The van der Waals surface area contributed by atoms with E-state index < -0.39 is 0 Å². The number of para-hydroxylation sites is 1. The molecular formula is C15H20BrN. The zero-order valence-corrected chi connectivity index (χ0v) is 12.0. The molecule has 0 N–H and O–H groups in total. The van der Waals surface area contributed by atoms with Crippen molar-refractivity contribution >= 4 is 10.9 Å². The molecule has 0 spiro atoms. The quantitative estimate of drug-likeness (QED) is 0.565. The molecule has 17 heavy (non-hydrogen) atoms. The first-order valence-electron chi connectivity index (χ1n) is 6.29. The molecule has 0 aliphatic rings. The number of hydrogen-bond acceptors (Lipinski definition) is 0. The van der Waals surface area contributed by atoms with Crippen molar-refractivity contribution in [1.82, 2.24) is 0 Å². The molecule has 1 heterocycles. The van der Waals surface area contributed by atoms with Gasteiger partial charge in [0.2, 0.25) is 5.52 Å². The molecule has 0 unspecified atom stereocenters. The summed E-state index contributed by atoms with van der Waals surface area (Å²) >= 11 is 0. The number of benzene rings is 1. The Bertz CT molecular complexity index is 448. The van der Waals surface area contributed by atoms with Crippen molar-refractivity contribution in [3.05, 3.63) is 42.6 Å². The second-order valence-electron chi connectivity index (χ2n) is 4.32. The number of fused-ring (bicyclic) bond motifs is 1. The molecule has 0 fully saturated rings. The van der Waals surface area contributed by atoms with Crippen LogP contribution in [-0.4, -0.2) is 0 Å². The molecule has 0 aliphatic heterocycles.